The minimum atomic E-state index is -0.825. The highest BCUT2D eigenvalue weighted by atomic mass is 16.7. The Morgan fingerprint density at radius 2 is 1.76 bits per heavy atom. The summed E-state index contributed by atoms with van der Waals surface area (Å²) in [5.74, 6) is 0.260. The normalized spacial score (nSPS) is 10.9. The van der Waals surface area contributed by atoms with E-state index in [4.69, 9.17) is 9.47 Å². The second-order valence-corrected chi connectivity index (χ2v) is 5.53. The number of carbonyl (C=O) groups is 1. The Kier molecular flexibility index (Phi) is 3.70. The highest BCUT2D eigenvalue weighted by Crippen LogP contribution is 2.30. The average Bonchev–Trinajstić information content (AvgIpc) is 3.06. The number of para-hydroxylation sites is 1. The molecule has 2 N–H and O–H groups in total. The van der Waals surface area contributed by atoms with Gasteiger partial charge < -0.3 is 19.4 Å². The summed E-state index contributed by atoms with van der Waals surface area (Å²) in [7, 11) is 0. The first-order chi connectivity index (χ1) is 12.2. The lowest BCUT2D eigenvalue weighted by Crippen LogP contribution is -2.11. The average molecular weight is 334 g/mol. The molecular formula is C19H14N2O4. The number of fused-ring (bicyclic) bond motifs is 3. The molecule has 0 saturated heterocycles. The Bertz CT molecular complexity index is 1110. The summed E-state index contributed by atoms with van der Waals surface area (Å²) >= 11 is 0. The molecule has 2 aromatic carbocycles. The van der Waals surface area contributed by atoms with E-state index >= 15 is 0 Å². The van der Waals surface area contributed by atoms with E-state index in [0.29, 0.717) is 16.4 Å². The molecule has 0 aliphatic carbocycles. The third-order valence-corrected chi connectivity index (χ3v) is 3.91. The van der Waals surface area contributed by atoms with Crippen molar-refractivity contribution in [3.05, 3.63) is 76.7 Å². The lowest BCUT2D eigenvalue weighted by molar-refractivity contribution is 0.0933. The number of H-pyrrole nitrogens is 2. The van der Waals surface area contributed by atoms with Gasteiger partial charge in [-0.3, -0.25) is 4.79 Å². The molecule has 0 atom stereocenters. The number of aromatic amines is 2. The van der Waals surface area contributed by atoms with Crippen LogP contribution in [0, 0.1) is 0 Å². The third kappa shape index (κ3) is 2.85. The molecule has 6 heteroatoms. The van der Waals surface area contributed by atoms with Crippen molar-refractivity contribution in [1.82, 2.24) is 9.97 Å². The number of pyridine rings is 1. The summed E-state index contributed by atoms with van der Waals surface area (Å²) in [5.41, 5.74) is 1.60. The summed E-state index contributed by atoms with van der Waals surface area (Å²) in [4.78, 5) is 29.8. The maximum Gasteiger partial charge on any atom is 0.514 e. The van der Waals surface area contributed by atoms with E-state index < -0.39 is 6.16 Å². The molecule has 0 fully saturated rings. The fourth-order valence-electron chi connectivity index (χ4n) is 2.76. The van der Waals surface area contributed by atoms with Crippen LogP contribution in [0.2, 0.25) is 0 Å². The zero-order valence-corrected chi connectivity index (χ0v) is 13.1. The smallest absolute Gasteiger partial charge is 0.429 e. The Morgan fingerprint density at radius 3 is 2.60 bits per heavy atom. The summed E-state index contributed by atoms with van der Waals surface area (Å²) in [6, 6.07) is 16.6. The van der Waals surface area contributed by atoms with Gasteiger partial charge in [0.05, 0.1) is 5.39 Å². The van der Waals surface area contributed by atoms with Crippen molar-refractivity contribution < 1.29 is 14.3 Å². The maximum absolute atomic E-state index is 12.1. The number of carbonyl (C=O) groups excluding carboxylic acids is 1. The second kappa shape index (κ2) is 6.16. The highest BCUT2D eigenvalue weighted by molar-refractivity contribution is 6.08. The van der Waals surface area contributed by atoms with Gasteiger partial charge in [0.2, 0.25) is 0 Å². The Labute approximate surface area is 142 Å². The first-order valence-corrected chi connectivity index (χ1v) is 7.73. The van der Waals surface area contributed by atoms with E-state index in [9.17, 15) is 9.59 Å². The Balaban J connectivity index is 1.63. The molecule has 6 nitrogen and oxygen atoms in total. The SMILES string of the molecule is O=C(OCc1ccccc1)Oc1c[nH]c2c(=O)[nH]c3ccccc3c12. The van der Waals surface area contributed by atoms with Crippen LogP contribution in [0.3, 0.4) is 0 Å². The van der Waals surface area contributed by atoms with Gasteiger partial charge >= 0.3 is 6.16 Å². The largest absolute Gasteiger partial charge is 0.514 e. The predicted molar refractivity (Wildman–Crippen MR) is 93.7 cm³/mol. The van der Waals surface area contributed by atoms with Gasteiger partial charge in [-0.2, -0.15) is 0 Å². The fourth-order valence-corrected chi connectivity index (χ4v) is 2.76. The number of benzene rings is 2. The number of nitrogens with one attached hydrogen (secondary N) is 2. The minimum Gasteiger partial charge on any atom is -0.429 e. The molecule has 0 amide bonds. The van der Waals surface area contributed by atoms with Crippen molar-refractivity contribution in [2.45, 2.75) is 6.61 Å². The number of rotatable bonds is 3. The van der Waals surface area contributed by atoms with Crippen LogP contribution in [0.1, 0.15) is 5.56 Å². The van der Waals surface area contributed by atoms with Crippen molar-refractivity contribution in [2.24, 2.45) is 0 Å². The highest BCUT2D eigenvalue weighted by Gasteiger charge is 2.16. The van der Waals surface area contributed by atoms with Gasteiger partial charge in [0.15, 0.2) is 5.75 Å². The first kappa shape index (κ1) is 15.0. The standard InChI is InChI=1S/C19H14N2O4/c22-18-17-16(13-8-4-5-9-14(13)21-18)15(10-20-17)25-19(23)24-11-12-6-2-1-3-7-12/h1-10,20H,11H2,(H,21,22). The van der Waals surface area contributed by atoms with Crippen LogP contribution in [0.5, 0.6) is 5.75 Å². The summed E-state index contributed by atoms with van der Waals surface area (Å²) in [6.07, 6.45) is 0.657. The van der Waals surface area contributed by atoms with E-state index in [1.54, 1.807) is 6.07 Å². The van der Waals surface area contributed by atoms with Crippen LogP contribution >= 0.6 is 0 Å². The number of aromatic nitrogens is 2. The molecule has 25 heavy (non-hydrogen) atoms. The quantitative estimate of drug-likeness (QED) is 0.559. The van der Waals surface area contributed by atoms with Crippen LogP contribution in [0.25, 0.3) is 21.8 Å². The maximum atomic E-state index is 12.1. The molecule has 4 rings (SSSR count). The van der Waals surface area contributed by atoms with Crippen LogP contribution in [-0.2, 0) is 11.3 Å². The topological polar surface area (TPSA) is 84.2 Å². The number of hydrogen-bond donors (Lipinski definition) is 2. The van der Waals surface area contributed by atoms with Gasteiger partial charge in [-0.25, -0.2) is 4.79 Å². The van der Waals surface area contributed by atoms with Gasteiger partial charge in [0.1, 0.15) is 12.1 Å². The molecule has 2 aromatic heterocycles. The van der Waals surface area contributed by atoms with E-state index in [2.05, 4.69) is 9.97 Å². The van der Waals surface area contributed by atoms with Gasteiger partial charge in [0, 0.05) is 17.1 Å². The zero-order valence-electron chi connectivity index (χ0n) is 13.1. The van der Waals surface area contributed by atoms with Gasteiger partial charge in [-0.05, 0) is 11.6 Å². The monoisotopic (exact) mass is 334 g/mol. The third-order valence-electron chi connectivity index (χ3n) is 3.91. The minimum absolute atomic E-state index is 0.114. The zero-order chi connectivity index (χ0) is 17.2. The lowest BCUT2D eigenvalue weighted by Gasteiger charge is -2.06. The van der Waals surface area contributed by atoms with Crippen LogP contribution in [0.15, 0.2) is 65.6 Å². The molecule has 0 bridgehead atoms. The summed E-state index contributed by atoms with van der Waals surface area (Å²) < 4.78 is 10.4. The first-order valence-electron chi connectivity index (χ1n) is 7.73. The van der Waals surface area contributed by atoms with Gasteiger partial charge in [-0.1, -0.05) is 48.5 Å². The van der Waals surface area contributed by atoms with Crippen molar-refractivity contribution in [3.8, 4) is 5.75 Å². The molecule has 0 spiro atoms. The number of ether oxygens (including phenoxy) is 2. The van der Waals surface area contributed by atoms with Crippen molar-refractivity contribution in [1.29, 1.82) is 0 Å². The van der Waals surface area contributed by atoms with E-state index in [-0.39, 0.29) is 17.9 Å². The molecule has 4 aromatic rings. The van der Waals surface area contributed by atoms with Crippen molar-refractivity contribution in [2.75, 3.05) is 0 Å². The Hall–Kier alpha value is -3.54. The molecule has 0 aliphatic heterocycles. The molecule has 0 unspecified atom stereocenters. The molecule has 124 valence electrons. The molecule has 0 aliphatic rings. The van der Waals surface area contributed by atoms with Gasteiger partial charge in [0.25, 0.3) is 5.56 Å². The molecular weight excluding hydrogens is 320 g/mol. The van der Waals surface area contributed by atoms with E-state index in [0.717, 1.165) is 10.9 Å². The summed E-state index contributed by atoms with van der Waals surface area (Å²) in [6.45, 7) is 0.114. The van der Waals surface area contributed by atoms with E-state index in [1.807, 2.05) is 48.5 Å². The van der Waals surface area contributed by atoms with Crippen molar-refractivity contribution in [3.63, 3.8) is 0 Å². The summed E-state index contributed by atoms with van der Waals surface area (Å²) in [5, 5.41) is 1.33. The second-order valence-electron chi connectivity index (χ2n) is 5.53. The lowest BCUT2D eigenvalue weighted by atomic mass is 10.1. The van der Waals surface area contributed by atoms with Crippen LogP contribution < -0.4 is 10.3 Å². The van der Waals surface area contributed by atoms with Gasteiger partial charge in [-0.15, -0.1) is 0 Å². The fraction of sp³-hybridized carbons (Fsp3) is 0.0526. The predicted octanol–water partition coefficient (Wildman–Crippen LogP) is 3.73. The molecule has 0 radical (unpaired) electrons. The van der Waals surface area contributed by atoms with Crippen LogP contribution in [-0.4, -0.2) is 16.1 Å². The Morgan fingerprint density at radius 1 is 1.00 bits per heavy atom. The molecule has 0 saturated carbocycles. The van der Waals surface area contributed by atoms with Crippen LogP contribution in [0.4, 0.5) is 4.79 Å². The van der Waals surface area contributed by atoms with Crippen molar-refractivity contribution >= 4 is 28.0 Å². The molecule has 2 heterocycles. The number of hydrogen-bond acceptors (Lipinski definition) is 4. The van der Waals surface area contributed by atoms with E-state index in [1.165, 1.54) is 6.20 Å².